The van der Waals surface area contributed by atoms with Crippen LogP contribution < -0.4 is 10.2 Å². The van der Waals surface area contributed by atoms with E-state index in [0.717, 1.165) is 0 Å². The van der Waals surface area contributed by atoms with E-state index in [1.54, 1.807) is 19.2 Å². The van der Waals surface area contributed by atoms with Gasteiger partial charge in [0.15, 0.2) is 0 Å². The summed E-state index contributed by atoms with van der Waals surface area (Å²) in [6.45, 7) is 3.01. The lowest BCUT2D eigenvalue weighted by Gasteiger charge is -2.36. The Morgan fingerprint density at radius 3 is 2.47 bits per heavy atom. The van der Waals surface area contributed by atoms with Crippen LogP contribution in [-0.2, 0) is 4.79 Å². The van der Waals surface area contributed by atoms with Gasteiger partial charge in [-0.2, -0.15) is 0 Å². The van der Waals surface area contributed by atoms with Crippen LogP contribution in [0.2, 0.25) is 0 Å². The first-order chi connectivity index (χ1) is 8.72. The monoisotopic (exact) mass is 287 g/mol. The maximum absolute atomic E-state index is 13.6. The van der Waals surface area contributed by atoms with Crippen molar-refractivity contribution in [3.8, 4) is 0 Å². The topological polar surface area (TPSA) is 35.6 Å². The third kappa shape index (κ3) is 3.81. The maximum atomic E-state index is 13.6. The number of nitrogens with zero attached hydrogens (tertiary/aromatic N) is 2. The summed E-state index contributed by atoms with van der Waals surface area (Å²) in [6.07, 6.45) is 0. The van der Waals surface area contributed by atoms with Gasteiger partial charge in [-0.1, -0.05) is 12.1 Å². The van der Waals surface area contributed by atoms with Crippen molar-refractivity contribution in [2.75, 3.05) is 44.7 Å². The molecule has 1 amide bonds. The molecule has 4 nitrogen and oxygen atoms in total. The van der Waals surface area contributed by atoms with Crippen LogP contribution >= 0.6 is 12.4 Å². The molecule has 0 saturated carbocycles. The van der Waals surface area contributed by atoms with Crippen molar-refractivity contribution >= 4 is 24.0 Å². The van der Waals surface area contributed by atoms with E-state index in [0.29, 0.717) is 38.4 Å². The number of amides is 1. The third-order valence-electron chi connectivity index (χ3n) is 3.15. The summed E-state index contributed by atoms with van der Waals surface area (Å²) in [7, 11) is 1.76. The number of nitrogens with one attached hydrogen (secondary N) is 1. The fraction of sp³-hybridized carbons (Fsp3) is 0.462. The molecule has 0 bridgehead atoms. The Balaban J connectivity index is 0.00000180. The minimum Gasteiger partial charge on any atom is -0.366 e. The van der Waals surface area contributed by atoms with Gasteiger partial charge < -0.3 is 15.1 Å². The van der Waals surface area contributed by atoms with Crippen LogP contribution in [0.3, 0.4) is 0 Å². The molecule has 1 aliphatic rings. The maximum Gasteiger partial charge on any atom is 0.236 e. The molecule has 0 aliphatic carbocycles. The molecule has 1 aromatic rings. The van der Waals surface area contributed by atoms with Crippen LogP contribution in [0.5, 0.6) is 0 Å². The average Bonchev–Trinajstić information content (AvgIpc) is 2.40. The molecule has 0 atom stereocenters. The second kappa shape index (κ2) is 7.31. The molecule has 19 heavy (non-hydrogen) atoms. The molecule has 0 radical (unpaired) electrons. The van der Waals surface area contributed by atoms with E-state index in [2.05, 4.69) is 5.32 Å². The van der Waals surface area contributed by atoms with Crippen molar-refractivity contribution in [1.29, 1.82) is 0 Å². The van der Waals surface area contributed by atoms with Gasteiger partial charge in [0.05, 0.1) is 12.2 Å². The first-order valence-corrected chi connectivity index (χ1v) is 6.14. The number of carbonyl (C=O) groups excluding carboxylic acids is 1. The summed E-state index contributed by atoms with van der Waals surface area (Å²) in [5, 5.41) is 2.85. The van der Waals surface area contributed by atoms with Gasteiger partial charge in [0, 0.05) is 26.2 Å². The van der Waals surface area contributed by atoms with Gasteiger partial charge in [-0.25, -0.2) is 4.39 Å². The lowest BCUT2D eigenvalue weighted by molar-refractivity contribution is -0.130. The van der Waals surface area contributed by atoms with E-state index in [-0.39, 0.29) is 24.1 Å². The molecule has 1 saturated heterocycles. The van der Waals surface area contributed by atoms with Gasteiger partial charge >= 0.3 is 0 Å². The molecule has 6 heteroatoms. The molecule has 0 unspecified atom stereocenters. The number of halogens is 2. The molecule has 1 aliphatic heterocycles. The first kappa shape index (κ1) is 15.7. The van der Waals surface area contributed by atoms with Gasteiger partial charge in [0.25, 0.3) is 0 Å². The third-order valence-corrected chi connectivity index (χ3v) is 3.15. The molecule has 1 heterocycles. The van der Waals surface area contributed by atoms with Crippen LogP contribution in [0.25, 0.3) is 0 Å². The molecule has 106 valence electrons. The van der Waals surface area contributed by atoms with E-state index < -0.39 is 0 Å². The normalized spacial score (nSPS) is 15.1. The zero-order chi connectivity index (χ0) is 13.0. The van der Waals surface area contributed by atoms with Gasteiger partial charge in [-0.15, -0.1) is 12.4 Å². The zero-order valence-electron chi connectivity index (χ0n) is 10.9. The van der Waals surface area contributed by atoms with Crippen LogP contribution in [-0.4, -0.2) is 50.6 Å². The second-order valence-electron chi connectivity index (χ2n) is 4.35. The summed E-state index contributed by atoms with van der Waals surface area (Å²) in [5.41, 5.74) is 0.623. The Hall–Kier alpha value is -1.33. The summed E-state index contributed by atoms with van der Waals surface area (Å²) < 4.78 is 13.6. The van der Waals surface area contributed by atoms with E-state index >= 15 is 0 Å². The molecular weight excluding hydrogens is 269 g/mol. The highest BCUT2D eigenvalue weighted by Crippen LogP contribution is 2.19. The Morgan fingerprint density at radius 1 is 1.26 bits per heavy atom. The fourth-order valence-electron chi connectivity index (χ4n) is 2.17. The number of anilines is 1. The Morgan fingerprint density at radius 2 is 1.89 bits per heavy atom. The van der Waals surface area contributed by atoms with Crippen molar-refractivity contribution < 1.29 is 9.18 Å². The molecule has 1 fully saturated rings. The molecule has 2 rings (SSSR count). The summed E-state index contributed by atoms with van der Waals surface area (Å²) in [5.74, 6) is -0.0989. The predicted molar refractivity (Wildman–Crippen MR) is 76.4 cm³/mol. The molecule has 1 aromatic carbocycles. The fourth-order valence-corrected chi connectivity index (χ4v) is 2.17. The van der Waals surface area contributed by atoms with E-state index in [1.165, 1.54) is 6.07 Å². The van der Waals surface area contributed by atoms with Gasteiger partial charge in [-0.05, 0) is 19.2 Å². The number of carbonyl (C=O) groups is 1. The van der Waals surface area contributed by atoms with E-state index in [9.17, 15) is 9.18 Å². The van der Waals surface area contributed by atoms with Gasteiger partial charge in [-0.3, -0.25) is 4.79 Å². The number of piperazine rings is 1. The Bertz CT molecular complexity index is 422. The van der Waals surface area contributed by atoms with Gasteiger partial charge in [0.2, 0.25) is 5.91 Å². The lowest BCUT2D eigenvalue weighted by Crippen LogP contribution is -2.50. The Labute approximate surface area is 119 Å². The van der Waals surface area contributed by atoms with Crippen LogP contribution in [0.15, 0.2) is 24.3 Å². The number of hydrogen-bond acceptors (Lipinski definition) is 3. The zero-order valence-corrected chi connectivity index (χ0v) is 11.8. The average molecular weight is 288 g/mol. The number of likely N-dealkylation sites (N-methyl/N-ethyl adjacent to an activating group) is 1. The largest absolute Gasteiger partial charge is 0.366 e. The minimum atomic E-state index is -0.201. The lowest BCUT2D eigenvalue weighted by atomic mass is 10.2. The van der Waals surface area contributed by atoms with E-state index in [4.69, 9.17) is 0 Å². The van der Waals surface area contributed by atoms with Gasteiger partial charge in [0.1, 0.15) is 5.82 Å². The standard InChI is InChI=1S/C13H18FN3O.ClH/c1-15-10-13(18)17-8-6-16(7-9-17)12-5-3-2-4-11(12)14;/h2-5,15H,6-10H2,1H3;1H. The molecule has 0 aromatic heterocycles. The number of rotatable bonds is 3. The molecule has 0 spiro atoms. The SMILES string of the molecule is CNCC(=O)N1CCN(c2ccccc2F)CC1.Cl. The van der Waals surface area contributed by atoms with Crippen molar-refractivity contribution in [3.63, 3.8) is 0 Å². The second-order valence-corrected chi connectivity index (χ2v) is 4.35. The van der Waals surface area contributed by atoms with Crippen LogP contribution in [0, 0.1) is 5.82 Å². The smallest absolute Gasteiger partial charge is 0.236 e. The minimum absolute atomic E-state index is 0. The number of hydrogen-bond donors (Lipinski definition) is 1. The highest BCUT2D eigenvalue weighted by atomic mass is 35.5. The number of benzene rings is 1. The number of para-hydroxylation sites is 1. The van der Waals surface area contributed by atoms with Crippen molar-refractivity contribution in [2.24, 2.45) is 0 Å². The van der Waals surface area contributed by atoms with Crippen molar-refractivity contribution in [2.45, 2.75) is 0 Å². The Kier molecular flexibility index (Phi) is 6.05. The predicted octanol–water partition coefficient (Wildman–Crippen LogP) is 1.12. The first-order valence-electron chi connectivity index (χ1n) is 6.14. The van der Waals surface area contributed by atoms with Crippen molar-refractivity contribution in [3.05, 3.63) is 30.1 Å². The van der Waals surface area contributed by atoms with E-state index in [1.807, 2.05) is 15.9 Å². The highest BCUT2D eigenvalue weighted by molar-refractivity contribution is 5.85. The van der Waals surface area contributed by atoms with Crippen LogP contribution in [0.1, 0.15) is 0 Å². The quantitative estimate of drug-likeness (QED) is 0.905. The summed E-state index contributed by atoms with van der Waals surface area (Å²) in [4.78, 5) is 15.5. The van der Waals surface area contributed by atoms with Crippen LogP contribution in [0.4, 0.5) is 10.1 Å². The molecular formula is C13H19ClFN3O. The highest BCUT2D eigenvalue weighted by Gasteiger charge is 2.21. The summed E-state index contributed by atoms with van der Waals surface area (Å²) in [6, 6.07) is 6.76. The summed E-state index contributed by atoms with van der Waals surface area (Å²) >= 11 is 0. The van der Waals surface area contributed by atoms with Crippen molar-refractivity contribution in [1.82, 2.24) is 10.2 Å². The molecule has 1 N–H and O–H groups in total.